The lowest BCUT2D eigenvalue weighted by Gasteiger charge is -2.14. The van der Waals surface area contributed by atoms with E-state index in [-0.39, 0.29) is 22.3 Å². The second kappa shape index (κ2) is 10.6. The van der Waals surface area contributed by atoms with Gasteiger partial charge in [0, 0.05) is 22.1 Å². The molecule has 4 aromatic rings. The van der Waals surface area contributed by atoms with Crippen molar-refractivity contribution in [1.82, 2.24) is 0 Å². The molecule has 0 aliphatic heterocycles. The molecule has 0 aliphatic rings. The predicted octanol–water partition coefficient (Wildman–Crippen LogP) is 6.03. The molecule has 0 spiro atoms. The third-order valence-electron chi connectivity index (χ3n) is 5.93. The Kier molecular flexibility index (Phi) is 7.16. The van der Waals surface area contributed by atoms with Crippen LogP contribution in [0.1, 0.15) is 52.6 Å². The topological polar surface area (TPSA) is 133 Å². The first kappa shape index (κ1) is 25.6. The van der Waals surface area contributed by atoms with E-state index in [2.05, 4.69) is 23.8 Å². The van der Waals surface area contributed by atoms with E-state index in [0.717, 1.165) is 0 Å². The number of aromatic carboxylic acids is 2. The molecule has 4 aromatic carbocycles. The van der Waals surface area contributed by atoms with Gasteiger partial charge in [-0.1, -0.05) is 61.7 Å². The molecule has 0 atom stereocenters. The Morgan fingerprint density at radius 3 is 1.32 bits per heavy atom. The van der Waals surface area contributed by atoms with E-state index in [0.29, 0.717) is 33.3 Å². The molecule has 0 fully saturated rings. The molecule has 0 radical (unpaired) electrons. The van der Waals surface area contributed by atoms with Crippen LogP contribution in [0.25, 0.3) is 22.9 Å². The van der Waals surface area contributed by atoms with Gasteiger partial charge in [-0.05, 0) is 47.5 Å². The summed E-state index contributed by atoms with van der Waals surface area (Å²) in [6.07, 6.45) is 3.02. The molecule has 8 heteroatoms. The Bertz CT molecular complexity index is 1530. The number of hydrogen-bond donors (Lipinski definition) is 4. The minimum absolute atomic E-state index is 0.0281. The third kappa shape index (κ3) is 5.05. The number of carboxylic acid groups (broad SMARTS) is 2. The van der Waals surface area contributed by atoms with Crippen molar-refractivity contribution in [2.24, 2.45) is 0 Å². The summed E-state index contributed by atoms with van der Waals surface area (Å²) in [7, 11) is 0. The fraction of sp³-hybridized carbons (Fsp3) is 0. The van der Waals surface area contributed by atoms with E-state index >= 15 is 0 Å². The van der Waals surface area contributed by atoms with Gasteiger partial charge in [-0.2, -0.15) is 0 Å². The van der Waals surface area contributed by atoms with E-state index in [4.69, 9.17) is 0 Å². The van der Waals surface area contributed by atoms with E-state index in [1.807, 2.05) is 0 Å². The molecule has 0 aliphatic carbocycles. The van der Waals surface area contributed by atoms with Crippen molar-refractivity contribution in [3.63, 3.8) is 0 Å². The lowest BCUT2D eigenvalue weighted by molar-refractivity contribution is 0.0683. The highest BCUT2D eigenvalue weighted by atomic mass is 16.4. The fourth-order valence-electron chi connectivity index (χ4n) is 4.03. The van der Waals surface area contributed by atoms with Gasteiger partial charge in [0.15, 0.2) is 0 Å². The van der Waals surface area contributed by atoms with Crippen LogP contribution in [0.3, 0.4) is 0 Å². The average Bonchev–Trinajstić information content (AvgIpc) is 2.92. The molecule has 0 saturated heterocycles. The number of rotatable bonds is 8. The summed E-state index contributed by atoms with van der Waals surface area (Å²) in [6, 6.07) is 18.8. The molecule has 0 aromatic heterocycles. The van der Waals surface area contributed by atoms with Crippen LogP contribution in [0.4, 0.5) is 11.4 Å². The van der Waals surface area contributed by atoms with Gasteiger partial charge in [-0.3, -0.25) is 9.59 Å². The summed E-state index contributed by atoms with van der Waals surface area (Å²) in [4.78, 5) is 49.6. The Hall–Kier alpha value is -5.50. The zero-order valence-corrected chi connectivity index (χ0v) is 20.0. The molecule has 188 valence electrons. The Morgan fingerprint density at radius 2 is 0.974 bits per heavy atom. The maximum absolute atomic E-state index is 13.1. The maximum atomic E-state index is 13.1. The van der Waals surface area contributed by atoms with Gasteiger partial charge in [-0.25, -0.2) is 9.59 Å². The Morgan fingerprint density at radius 1 is 0.579 bits per heavy atom. The minimum Gasteiger partial charge on any atom is -0.478 e. The van der Waals surface area contributed by atoms with Crippen molar-refractivity contribution in [3.8, 4) is 0 Å². The molecular formula is C30H22N2O6. The fourth-order valence-corrected chi connectivity index (χ4v) is 4.03. The highest BCUT2D eigenvalue weighted by Crippen LogP contribution is 2.30. The van der Waals surface area contributed by atoms with Gasteiger partial charge in [0.2, 0.25) is 0 Å². The van der Waals surface area contributed by atoms with Crippen LogP contribution in [0.2, 0.25) is 0 Å². The molecule has 0 unspecified atom stereocenters. The predicted molar refractivity (Wildman–Crippen MR) is 147 cm³/mol. The summed E-state index contributed by atoms with van der Waals surface area (Å²) in [5, 5.41) is 25.7. The summed E-state index contributed by atoms with van der Waals surface area (Å²) in [5.74, 6) is -3.73. The molecule has 2 amide bonds. The molecule has 0 heterocycles. The SMILES string of the molecule is C=Cc1ccc(C(=O)O)c(C(=O)Nc2cccc3c(NC(=O)c4cc(C=C)ccc4C(=O)O)cccc23)c1. The molecule has 4 N–H and O–H groups in total. The Balaban J connectivity index is 1.71. The van der Waals surface area contributed by atoms with E-state index in [9.17, 15) is 29.4 Å². The van der Waals surface area contributed by atoms with Gasteiger partial charge in [0.05, 0.1) is 22.3 Å². The van der Waals surface area contributed by atoms with Crippen LogP contribution in [-0.4, -0.2) is 34.0 Å². The smallest absolute Gasteiger partial charge is 0.336 e. The molecule has 4 rings (SSSR count). The number of carbonyl (C=O) groups is 4. The van der Waals surface area contributed by atoms with Gasteiger partial charge >= 0.3 is 11.9 Å². The van der Waals surface area contributed by atoms with Crippen LogP contribution in [0.15, 0.2) is 86.0 Å². The van der Waals surface area contributed by atoms with Crippen LogP contribution < -0.4 is 10.6 Å². The van der Waals surface area contributed by atoms with Crippen LogP contribution >= 0.6 is 0 Å². The summed E-state index contributed by atoms with van der Waals surface area (Å²) in [6.45, 7) is 7.32. The summed E-state index contributed by atoms with van der Waals surface area (Å²) in [5.41, 5.74) is 1.59. The number of carbonyl (C=O) groups excluding carboxylic acids is 2. The standard InChI is InChI=1S/C30H22N2O6/c1-3-17-11-13-21(29(35)36)23(15-17)27(33)31-25-9-5-8-20-19(25)7-6-10-26(20)32-28(34)24-16-18(4-2)12-14-22(24)30(37)38/h3-16H,1-2H2,(H,31,33)(H,32,34)(H,35,36)(H,37,38). The highest BCUT2D eigenvalue weighted by Gasteiger charge is 2.20. The first-order chi connectivity index (χ1) is 18.2. The van der Waals surface area contributed by atoms with Crippen molar-refractivity contribution in [2.45, 2.75) is 0 Å². The van der Waals surface area contributed by atoms with Crippen molar-refractivity contribution < 1.29 is 29.4 Å². The van der Waals surface area contributed by atoms with Crippen LogP contribution in [-0.2, 0) is 0 Å². The normalized spacial score (nSPS) is 10.4. The van der Waals surface area contributed by atoms with Crippen molar-refractivity contribution >= 4 is 58.1 Å². The van der Waals surface area contributed by atoms with E-state index < -0.39 is 23.8 Å². The monoisotopic (exact) mass is 506 g/mol. The number of benzene rings is 4. The van der Waals surface area contributed by atoms with Gasteiger partial charge in [0.1, 0.15) is 0 Å². The third-order valence-corrected chi connectivity index (χ3v) is 5.93. The number of fused-ring (bicyclic) bond motifs is 1. The van der Waals surface area contributed by atoms with E-state index in [1.54, 1.807) is 48.5 Å². The average molecular weight is 507 g/mol. The lowest BCUT2D eigenvalue weighted by Crippen LogP contribution is -2.18. The number of amides is 2. The van der Waals surface area contributed by atoms with Gasteiger partial charge < -0.3 is 20.8 Å². The molecule has 0 bridgehead atoms. The summed E-state index contributed by atoms with van der Waals surface area (Å²) >= 11 is 0. The number of carboxylic acids is 2. The van der Waals surface area contributed by atoms with Crippen molar-refractivity contribution in [1.29, 1.82) is 0 Å². The zero-order valence-electron chi connectivity index (χ0n) is 20.0. The highest BCUT2D eigenvalue weighted by molar-refractivity contribution is 6.17. The minimum atomic E-state index is -1.24. The maximum Gasteiger partial charge on any atom is 0.336 e. The summed E-state index contributed by atoms with van der Waals surface area (Å²) < 4.78 is 0. The largest absolute Gasteiger partial charge is 0.478 e. The van der Waals surface area contributed by atoms with Crippen molar-refractivity contribution in [2.75, 3.05) is 10.6 Å². The number of anilines is 2. The van der Waals surface area contributed by atoms with Crippen molar-refractivity contribution in [3.05, 3.63) is 119 Å². The molecule has 8 nitrogen and oxygen atoms in total. The lowest BCUT2D eigenvalue weighted by atomic mass is 10.0. The van der Waals surface area contributed by atoms with Gasteiger partial charge in [0.25, 0.3) is 11.8 Å². The van der Waals surface area contributed by atoms with E-state index in [1.165, 1.54) is 36.4 Å². The molecule has 0 saturated carbocycles. The molecule has 38 heavy (non-hydrogen) atoms. The van der Waals surface area contributed by atoms with Crippen LogP contribution in [0, 0.1) is 0 Å². The van der Waals surface area contributed by atoms with Crippen LogP contribution in [0.5, 0.6) is 0 Å². The Labute approximate surface area is 217 Å². The zero-order chi connectivity index (χ0) is 27.4. The molecular weight excluding hydrogens is 484 g/mol. The first-order valence-corrected chi connectivity index (χ1v) is 11.4. The second-order valence-corrected chi connectivity index (χ2v) is 8.24. The quantitative estimate of drug-likeness (QED) is 0.231. The second-order valence-electron chi connectivity index (χ2n) is 8.24. The van der Waals surface area contributed by atoms with Gasteiger partial charge in [-0.15, -0.1) is 0 Å². The first-order valence-electron chi connectivity index (χ1n) is 11.4. The number of nitrogens with one attached hydrogen (secondary N) is 2. The number of hydrogen-bond acceptors (Lipinski definition) is 4.